The summed E-state index contributed by atoms with van der Waals surface area (Å²) in [4.78, 5) is 11.8. The predicted molar refractivity (Wildman–Crippen MR) is 128 cm³/mol. The second-order valence-electron chi connectivity index (χ2n) is 9.14. The van der Waals surface area contributed by atoms with Crippen LogP contribution in [0.15, 0.2) is 0 Å². The fourth-order valence-electron chi connectivity index (χ4n) is 4.33. The molecule has 0 aliphatic rings. The van der Waals surface area contributed by atoms with Gasteiger partial charge in [0.15, 0.2) is 0 Å². The zero-order chi connectivity index (χ0) is 21.6. The molecule has 0 aliphatic heterocycles. The summed E-state index contributed by atoms with van der Waals surface area (Å²) < 4.78 is 0. The van der Waals surface area contributed by atoms with Gasteiger partial charge in [-0.25, -0.2) is 0 Å². The lowest BCUT2D eigenvalue weighted by Crippen LogP contribution is -2.22. The Bertz CT molecular complexity index is 331. The number of rotatable bonds is 23. The van der Waals surface area contributed by atoms with Crippen LogP contribution in [0.3, 0.4) is 0 Å². The SMILES string of the molecule is CCCCCCCCCCCCCCCCC([C](CCCC)CCCC)C(=O)O. The van der Waals surface area contributed by atoms with E-state index in [1.165, 1.54) is 89.4 Å². The molecule has 1 unspecified atom stereocenters. The molecule has 0 aliphatic carbocycles. The monoisotopic (exact) mass is 409 g/mol. The molecule has 1 radical (unpaired) electrons. The molecule has 0 aromatic heterocycles. The second-order valence-corrected chi connectivity index (χ2v) is 9.14. The van der Waals surface area contributed by atoms with Crippen molar-refractivity contribution in [2.24, 2.45) is 5.92 Å². The summed E-state index contributed by atoms with van der Waals surface area (Å²) in [7, 11) is 0. The minimum absolute atomic E-state index is 0.189. The van der Waals surface area contributed by atoms with Gasteiger partial charge in [-0.15, -0.1) is 0 Å². The van der Waals surface area contributed by atoms with Crippen molar-refractivity contribution in [3.63, 3.8) is 0 Å². The molecule has 173 valence electrons. The van der Waals surface area contributed by atoms with Crippen molar-refractivity contribution < 1.29 is 9.90 Å². The highest BCUT2D eigenvalue weighted by atomic mass is 16.4. The fourth-order valence-corrected chi connectivity index (χ4v) is 4.33. The summed E-state index contributed by atoms with van der Waals surface area (Å²) in [5.74, 6) is 0.545. The highest BCUT2D eigenvalue weighted by Crippen LogP contribution is 2.31. The van der Waals surface area contributed by atoms with Crippen molar-refractivity contribution in [3.8, 4) is 0 Å². The summed E-state index contributed by atoms with van der Waals surface area (Å²) in [6, 6.07) is 0. The Labute approximate surface area is 183 Å². The summed E-state index contributed by atoms with van der Waals surface area (Å²) >= 11 is 0. The predicted octanol–water partition coefficient (Wildman–Crippen LogP) is 9.51. The van der Waals surface area contributed by atoms with Crippen LogP contribution in [0.2, 0.25) is 0 Å². The summed E-state index contributed by atoms with van der Waals surface area (Å²) in [5.41, 5.74) is 0. The molecule has 0 saturated carbocycles. The van der Waals surface area contributed by atoms with Crippen molar-refractivity contribution >= 4 is 5.97 Å². The number of carbonyl (C=O) groups is 1. The summed E-state index contributed by atoms with van der Waals surface area (Å²) in [6.07, 6.45) is 26.4. The first-order valence-electron chi connectivity index (χ1n) is 13.2. The Kier molecular flexibility index (Phi) is 21.8. The van der Waals surface area contributed by atoms with E-state index >= 15 is 0 Å². The van der Waals surface area contributed by atoms with Crippen LogP contribution in [-0.2, 0) is 4.79 Å². The molecule has 29 heavy (non-hydrogen) atoms. The quantitative estimate of drug-likeness (QED) is 0.171. The molecule has 0 amide bonds. The van der Waals surface area contributed by atoms with Crippen LogP contribution in [0.4, 0.5) is 0 Å². The number of unbranched alkanes of at least 4 members (excludes halogenated alkanes) is 15. The molecular formula is C27H53O2. The number of aliphatic carboxylic acids is 1. The minimum atomic E-state index is -0.582. The lowest BCUT2D eigenvalue weighted by molar-refractivity contribution is -0.141. The van der Waals surface area contributed by atoms with Gasteiger partial charge in [0.1, 0.15) is 0 Å². The van der Waals surface area contributed by atoms with Crippen LogP contribution in [0, 0.1) is 11.8 Å². The van der Waals surface area contributed by atoms with Gasteiger partial charge in [0.25, 0.3) is 0 Å². The van der Waals surface area contributed by atoms with Gasteiger partial charge in [0.2, 0.25) is 0 Å². The van der Waals surface area contributed by atoms with E-state index in [1.54, 1.807) is 0 Å². The highest BCUT2D eigenvalue weighted by molar-refractivity contribution is 5.72. The van der Waals surface area contributed by atoms with Gasteiger partial charge in [-0.05, 0) is 25.2 Å². The third kappa shape index (κ3) is 18.0. The molecule has 0 rings (SSSR count). The first-order chi connectivity index (χ1) is 14.2. The van der Waals surface area contributed by atoms with Crippen LogP contribution in [0.25, 0.3) is 0 Å². The third-order valence-corrected chi connectivity index (χ3v) is 6.34. The third-order valence-electron chi connectivity index (χ3n) is 6.34. The average Bonchev–Trinajstić information content (AvgIpc) is 2.71. The summed E-state index contributed by atoms with van der Waals surface area (Å²) in [6.45, 7) is 6.67. The lowest BCUT2D eigenvalue weighted by Gasteiger charge is -2.23. The maximum Gasteiger partial charge on any atom is 0.307 e. The Morgan fingerprint density at radius 1 is 0.552 bits per heavy atom. The van der Waals surface area contributed by atoms with Crippen LogP contribution in [-0.4, -0.2) is 11.1 Å². The van der Waals surface area contributed by atoms with Gasteiger partial charge >= 0.3 is 5.97 Å². The van der Waals surface area contributed by atoms with E-state index in [2.05, 4.69) is 20.8 Å². The van der Waals surface area contributed by atoms with Gasteiger partial charge < -0.3 is 5.11 Å². The van der Waals surface area contributed by atoms with E-state index in [-0.39, 0.29) is 5.92 Å². The van der Waals surface area contributed by atoms with E-state index < -0.39 is 5.97 Å². The number of carboxylic acid groups (broad SMARTS) is 1. The molecular weight excluding hydrogens is 356 g/mol. The average molecular weight is 410 g/mol. The first kappa shape index (κ1) is 28.5. The Hall–Kier alpha value is -0.530. The largest absolute Gasteiger partial charge is 0.481 e. The van der Waals surface area contributed by atoms with Crippen LogP contribution in [0.5, 0.6) is 0 Å². The number of hydrogen-bond donors (Lipinski definition) is 1. The number of hydrogen-bond acceptors (Lipinski definition) is 1. The standard InChI is InChI=1S/C27H53O2/c1-4-7-10-11-12-13-14-15-16-17-18-19-20-21-24-26(27(28)29)25(22-8-5-2)23-9-6-3/h26H,4-24H2,1-3H3,(H,28,29). The molecule has 0 aromatic carbocycles. The zero-order valence-corrected chi connectivity index (χ0v) is 20.3. The minimum Gasteiger partial charge on any atom is -0.481 e. The topological polar surface area (TPSA) is 37.3 Å². The Balaban J connectivity index is 3.73. The highest BCUT2D eigenvalue weighted by Gasteiger charge is 2.27. The molecule has 0 bridgehead atoms. The Morgan fingerprint density at radius 2 is 0.897 bits per heavy atom. The molecule has 0 fully saturated rings. The normalized spacial score (nSPS) is 12.6. The molecule has 0 heterocycles. The van der Waals surface area contributed by atoms with E-state index in [1.807, 2.05) is 0 Å². The summed E-state index contributed by atoms with van der Waals surface area (Å²) in [5, 5.41) is 9.73. The maximum absolute atomic E-state index is 11.8. The van der Waals surface area contributed by atoms with Crippen LogP contribution < -0.4 is 0 Å². The van der Waals surface area contributed by atoms with Crippen molar-refractivity contribution in [1.82, 2.24) is 0 Å². The maximum atomic E-state index is 11.8. The zero-order valence-electron chi connectivity index (χ0n) is 20.3. The van der Waals surface area contributed by atoms with E-state index in [0.717, 1.165) is 51.4 Å². The molecule has 0 saturated heterocycles. The van der Waals surface area contributed by atoms with Crippen molar-refractivity contribution in [2.45, 2.75) is 156 Å². The number of carboxylic acids is 1. The van der Waals surface area contributed by atoms with Crippen molar-refractivity contribution in [1.29, 1.82) is 0 Å². The molecule has 0 aromatic rings. The van der Waals surface area contributed by atoms with Gasteiger partial charge in [-0.3, -0.25) is 4.79 Å². The van der Waals surface area contributed by atoms with Gasteiger partial charge in [-0.1, -0.05) is 136 Å². The van der Waals surface area contributed by atoms with Crippen LogP contribution >= 0.6 is 0 Å². The van der Waals surface area contributed by atoms with Gasteiger partial charge in [0, 0.05) is 0 Å². The molecule has 1 N–H and O–H groups in total. The van der Waals surface area contributed by atoms with Crippen molar-refractivity contribution in [2.75, 3.05) is 0 Å². The first-order valence-corrected chi connectivity index (χ1v) is 13.2. The van der Waals surface area contributed by atoms with Crippen molar-refractivity contribution in [3.05, 3.63) is 5.92 Å². The van der Waals surface area contributed by atoms with Gasteiger partial charge in [0.05, 0.1) is 5.92 Å². The second kappa shape index (κ2) is 22.2. The van der Waals surface area contributed by atoms with Gasteiger partial charge in [-0.2, -0.15) is 0 Å². The fraction of sp³-hybridized carbons (Fsp3) is 0.926. The molecule has 1 atom stereocenters. The lowest BCUT2D eigenvalue weighted by atomic mass is 9.81. The van der Waals surface area contributed by atoms with Crippen LogP contribution in [0.1, 0.15) is 156 Å². The molecule has 0 spiro atoms. The van der Waals surface area contributed by atoms with E-state index in [4.69, 9.17) is 0 Å². The molecule has 2 nitrogen and oxygen atoms in total. The van der Waals surface area contributed by atoms with E-state index in [0.29, 0.717) is 0 Å². The molecule has 2 heteroatoms. The smallest absolute Gasteiger partial charge is 0.307 e. The van der Waals surface area contributed by atoms with E-state index in [9.17, 15) is 9.90 Å². The Morgan fingerprint density at radius 3 is 1.24 bits per heavy atom.